The van der Waals surface area contributed by atoms with E-state index < -0.39 is 0 Å². The van der Waals surface area contributed by atoms with Crippen LogP contribution in [-0.2, 0) is 7.05 Å². The predicted octanol–water partition coefficient (Wildman–Crippen LogP) is 3.19. The summed E-state index contributed by atoms with van der Waals surface area (Å²) in [5, 5.41) is 5.18. The number of nitrogens with zero attached hydrogens (tertiary/aromatic N) is 2. The minimum Gasteiger partial charge on any atom is -0.484 e. The van der Waals surface area contributed by atoms with Gasteiger partial charge in [-0.1, -0.05) is 23.2 Å². The largest absolute Gasteiger partial charge is 0.484 e. The van der Waals surface area contributed by atoms with Gasteiger partial charge in [0.05, 0.1) is 6.20 Å². The third-order valence-electron chi connectivity index (χ3n) is 2.63. The molecule has 0 amide bonds. The normalized spacial score (nSPS) is 14.2. The van der Waals surface area contributed by atoms with Crippen molar-refractivity contribution in [3.05, 3.63) is 46.2 Å². The van der Waals surface area contributed by atoms with Gasteiger partial charge in [0, 0.05) is 34.9 Å². The van der Waals surface area contributed by atoms with Crippen molar-refractivity contribution in [2.24, 2.45) is 12.8 Å². The first-order chi connectivity index (χ1) is 8.95. The molecule has 0 fully saturated rings. The summed E-state index contributed by atoms with van der Waals surface area (Å²) in [5.74, 6) is 0.587. The highest BCUT2D eigenvalue weighted by Gasteiger charge is 2.20. The summed E-state index contributed by atoms with van der Waals surface area (Å²) in [4.78, 5) is 0. The second-order valence-electron chi connectivity index (χ2n) is 4.45. The molecule has 4 nitrogen and oxygen atoms in total. The number of hydrogen-bond donors (Lipinski definition) is 1. The molecule has 0 radical (unpaired) electrons. The van der Waals surface area contributed by atoms with E-state index in [1.165, 1.54) is 0 Å². The van der Waals surface area contributed by atoms with E-state index in [4.69, 9.17) is 33.7 Å². The Bertz CT molecular complexity index is 549. The lowest BCUT2D eigenvalue weighted by molar-refractivity contribution is 0.180. The maximum atomic E-state index is 5.97. The SMILES string of the molecule is CC(N)C(Oc1cc(Cl)cc(Cl)c1)c1cnn(C)c1. The maximum absolute atomic E-state index is 5.97. The van der Waals surface area contributed by atoms with E-state index in [2.05, 4.69) is 5.10 Å². The van der Waals surface area contributed by atoms with Crippen LogP contribution in [0.25, 0.3) is 0 Å². The van der Waals surface area contributed by atoms with Crippen LogP contribution >= 0.6 is 23.2 Å². The fourth-order valence-corrected chi connectivity index (χ4v) is 2.32. The van der Waals surface area contributed by atoms with Gasteiger partial charge in [-0.2, -0.15) is 5.10 Å². The predicted molar refractivity (Wildman–Crippen MR) is 76.7 cm³/mol. The lowest BCUT2D eigenvalue weighted by Gasteiger charge is -2.21. The van der Waals surface area contributed by atoms with Gasteiger partial charge in [0.15, 0.2) is 0 Å². The van der Waals surface area contributed by atoms with Crippen LogP contribution in [0.1, 0.15) is 18.6 Å². The number of rotatable bonds is 4. The van der Waals surface area contributed by atoms with Crippen molar-refractivity contribution < 1.29 is 4.74 Å². The zero-order valence-electron chi connectivity index (χ0n) is 10.7. The molecule has 0 saturated carbocycles. The van der Waals surface area contributed by atoms with Crippen molar-refractivity contribution >= 4 is 23.2 Å². The smallest absolute Gasteiger partial charge is 0.141 e. The first-order valence-electron chi connectivity index (χ1n) is 5.82. The Labute approximate surface area is 122 Å². The number of benzene rings is 1. The van der Waals surface area contributed by atoms with Crippen molar-refractivity contribution in [1.82, 2.24) is 9.78 Å². The third kappa shape index (κ3) is 3.62. The van der Waals surface area contributed by atoms with Gasteiger partial charge in [-0.15, -0.1) is 0 Å². The Morgan fingerprint density at radius 3 is 2.37 bits per heavy atom. The van der Waals surface area contributed by atoms with Crippen molar-refractivity contribution in [3.8, 4) is 5.75 Å². The lowest BCUT2D eigenvalue weighted by Crippen LogP contribution is -2.28. The average molecular weight is 300 g/mol. The van der Waals surface area contributed by atoms with Crippen LogP contribution in [0.4, 0.5) is 0 Å². The van der Waals surface area contributed by atoms with Gasteiger partial charge in [-0.3, -0.25) is 4.68 Å². The van der Waals surface area contributed by atoms with E-state index in [9.17, 15) is 0 Å². The van der Waals surface area contributed by atoms with Crippen LogP contribution in [0.2, 0.25) is 10.0 Å². The summed E-state index contributed by atoms with van der Waals surface area (Å²) in [5.41, 5.74) is 6.88. The van der Waals surface area contributed by atoms with E-state index in [0.717, 1.165) is 5.56 Å². The molecule has 0 aliphatic rings. The molecule has 102 valence electrons. The summed E-state index contributed by atoms with van der Waals surface area (Å²) in [6, 6.07) is 4.88. The Morgan fingerprint density at radius 1 is 1.26 bits per heavy atom. The highest BCUT2D eigenvalue weighted by Crippen LogP contribution is 2.29. The summed E-state index contributed by atoms with van der Waals surface area (Å²) in [6.07, 6.45) is 3.31. The molecular weight excluding hydrogens is 285 g/mol. The van der Waals surface area contributed by atoms with E-state index in [0.29, 0.717) is 15.8 Å². The van der Waals surface area contributed by atoms with Crippen molar-refractivity contribution in [2.75, 3.05) is 0 Å². The second-order valence-corrected chi connectivity index (χ2v) is 5.32. The van der Waals surface area contributed by atoms with Crippen LogP contribution < -0.4 is 10.5 Å². The van der Waals surface area contributed by atoms with Crippen LogP contribution in [0, 0.1) is 0 Å². The van der Waals surface area contributed by atoms with Gasteiger partial charge < -0.3 is 10.5 Å². The van der Waals surface area contributed by atoms with Gasteiger partial charge in [0.1, 0.15) is 11.9 Å². The Hall–Kier alpha value is -1.23. The number of ether oxygens (including phenoxy) is 1. The number of halogens is 2. The van der Waals surface area contributed by atoms with Crippen molar-refractivity contribution in [1.29, 1.82) is 0 Å². The molecule has 1 heterocycles. The van der Waals surface area contributed by atoms with Crippen molar-refractivity contribution in [3.63, 3.8) is 0 Å². The molecule has 0 bridgehead atoms. The van der Waals surface area contributed by atoms with E-state index in [-0.39, 0.29) is 12.1 Å². The third-order valence-corrected chi connectivity index (χ3v) is 3.07. The fraction of sp³-hybridized carbons (Fsp3) is 0.308. The molecule has 0 spiro atoms. The standard InChI is InChI=1S/C13H15Cl2N3O/c1-8(16)13(9-6-17-18(2)7-9)19-12-4-10(14)3-11(15)5-12/h3-8,13H,16H2,1-2H3. The Kier molecular flexibility index (Phi) is 4.34. The topological polar surface area (TPSA) is 53.1 Å². The molecule has 2 aromatic rings. The molecule has 2 rings (SSSR count). The van der Waals surface area contributed by atoms with E-state index in [1.807, 2.05) is 20.2 Å². The molecular formula is C13H15Cl2N3O. The number of aryl methyl sites for hydroxylation is 1. The summed E-state index contributed by atoms with van der Waals surface area (Å²) in [6.45, 7) is 1.88. The number of aromatic nitrogens is 2. The molecule has 6 heteroatoms. The molecule has 1 aromatic carbocycles. The minimum atomic E-state index is -0.303. The maximum Gasteiger partial charge on any atom is 0.141 e. The highest BCUT2D eigenvalue weighted by atomic mass is 35.5. The van der Waals surface area contributed by atoms with Crippen LogP contribution in [0.15, 0.2) is 30.6 Å². The van der Waals surface area contributed by atoms with Gasteiger partial charge in [-0.25, -0.2) is 0 Å². The lowest BCUT2D eigenvalue weighted by atomic mass is 10.1. The molecule has 19 heavy (non-hydrogen) atoms. The van der Waals surface area contributed by atoms with Gasteiger partial charge in [0.2, 0.25) is 0 Å². The minimum absolute atomic E-state index is 0.193. The molecule has 0 aliphatic heterocycles. The highest BCUT2D eigenvalue weighted by molar-refractivity contribution is 6.34. The molecule has 2 N–H and O–H groups in total. The van der Waals surface area contributed by atoms with E-state index >= 15 is 0 Å². The number of hydrogen-bond acceptors (Lipinski definition) is 3. The van der Waals surface area contributed by atoms with Gasteiger partial charge in [-0.05, 0) is 25.1 Å². The summed E-state index contributed by atoms with van der Waals surface area (Å²) in [7, 11) is 1.85. The molecule has 1 aromatic heterocycles. The van der Waals surface area contributed by atoms with E-state index in [1.54, 1.807) is 29.1 Å². The summed E-state index contributed by atoms with van der Waals surface area (Å²) < 4.78 is 7.60. The first kappa shape index (κ1) is 14.2. The second kappa shape index (κ2) is 5.82. The molecule has 2 atom stereocenters. The van der Waals surface area contributed by atoms with Crippen LogP contribution in [0.5, 0.6) is 5.75 Å². The Morgan fingerprint density at radius 2 is 1.89 bits per heavy atom. The average Bonchev–Trinajstić information content (AvgIpc) is 2.70. The Balaban J connectivity index is 2.26. The zero-order chi connectivity index (χ0) is 14.0. The van der Waals surface area contributed by atoms with Crippen LogP contribution in [0.3, 0.4) is 0 Å². The quantitative estimate of drug-likeness (QED) is 0.943. The molecule has 0 aliphatic carbocycles. The van der Waals surface area contributed by atoms with Gasteiger partial charge in [0.25, 0.3) is 0 Å². The zero-order valence-corrected chi connectivity index (χ0v) is 12.2. The monoisotopic (exact) mass is 299 g/mol. The van der Waals surface area contributed by atoms with Gasteiger partial charge >= 0.3 is 0 Å². The number of nitrogens with two attached hydrogens (primary N) is 1. The molecule has 2 unspecified atom stereocenters. The summed E-state index contributed by atoms with van der Waals surface area (Å²) >= 11 is 11.9. The van der Waals surface area contributed by atoms with Crippen LogP contribution in [-0.4, -0.2) is 15.8 Å². The fourth-order valence-electron chi connectivity index (χ4n) is 1.81. The molecule has 0 saturated heterocycles. The van der Waals surface area contributed by atoms with Crippen molar-refractivity contribution in [2.45, 2.75) is 19.1 Å². The first-order valence-corrected chi connectivity index (χ1v) is 6.58.